The second-order valence-corrected chi connectivity index (χ2v) is 10.7. The van der Waals surface area contributed by atoms with Crippen molar-refractivity contribution >= 4 is 13.1 Å². The molecule has 1 saturated heterocycles. The molecule has 1 saturated carbocycles. The number of carbonyl (C=O) groups is 1. The molecule has 0 radical (unpaired) electrons. The van der Waals surface area contributed by atoms with Gasteiger partial charge in [0.15, 0.2) is 0 Å². The van der Waals surface area contributed by atoms with E-state index in [0.717, 1.165) is 38.4 Å². The van der Waals surface area contributed by atoms with Gasteiger partial charge in [-0.1, -0.05) is 75.1 Å². The van der Waals surface area contributed by atoms with E-state index in [2.05, 4.69) is 49.4 Å². The number of fused-ring (bicyclic) bond motifs is 2. The van der Waals surface area contributed by atoms with Crippen molar-refractivity contribution in [3.8, 4) is 0 Å². The third-order valence-corrected chi connectivity index (χ3v) is 7.46. The van der Waals surface area contributed by atoms with Gasteiger partial charge in [-0.25, -0.2) is 0 Å². The quantitative estimate of drug-likeness (QED) is 0.106. The molecule has 35 heavy (non-hydrogen) atoms. The molecule has 4 nitrogen and oxygen atoms in total. The first kappa shape index (κ1) is 28.0. The van der Waals surface area contributed by atoms with Crippen LogP contribution in [0.5, 0.6) is 0 Å². The Labute approximate surface area is 214 Å². The van der Waals surface area contributed by atoms with Gasteiger partial charge in [-0.3, -0.25) is 4.79 Å². The van der Waals surface area contributed by atoms with Crippen LogP contribution >= 0.6 is 0 Å². The van der Waals surface area contributed by atoms with Crippen LogP contribution in [0.1, 0.15) is 97.0 Å². The van der Waals surface area contributed by atoms with Gasteiger partial charge in [-0.15, -0.1) is 0 Å². The topological polar surface area (TPSA) is 44.8 Å². The van der Waals surface area contributed by atoms with Gasteiger partial charge in [0, 0.05) is 18.6 Å². The van der Waals surface area contributed by atoms with Crippen LogP contribution in [0, 0.1) is 11.8 Å². The molecule has 2 aliphatic rings. The number of hydrogen-bond donors (Lipinski definition) is 0. The molecule has 0 aromatic heterocycles. The first-order valence-corrected chi connectivity index (χ1v) is 14.3. The van der Waals surface area contributed by atoms with Crippen LogP contribution in [0.4, 0.5) is 0 Å². The third kappa shape index (κ3) is 9.76. The molecule has 4 atom stereocenters. The van der Waals surface area contributed by atoms with E-state index in [1.54, 1.807) is 0 Å². The van der Waals surface area contributed by atoms with Crippen LogP contribution in [-0.4, -0.2) is 31.4 Å². The maximum absolute atomic E-state index is 11.7. The van der Waals surface area contributed by atoms with E-state index >= 15 is 0 Å². The number of rotatable bonds is 16. The molecule has 0 N–H and O–H groups in total. The highest BCUT2D eigenvalue weighted by atomic mass is 16.6. The Morgan fingerprint density at radius 1 is 1.03 bits per heavy atom. The Bertz CT molecular complexity index is 750. The molecule has 1 aliphatic carbocycles. The number of unbranched alkanes of at least 4 members (excludes halogenated alkanes) is 4. The molecule has 3 rings (SSSR count). The molecule has 3 unspecified atom stereocenters. The fourth-order valence-electron chi connectivity index (χ4n) is 5.69. The Hall–Kier alpha value is -1.59. The van der Waals surface area contributed by atoms with E-state index in [0.29, 0.717) is 30.5 Å². The average molecular weight is 483 g/mol. The lowest BCUT2D eigenvalue weighted by molar-refractivity contribution is -0.147. The van der Waals surface area contributed by atoms with E-state index in [-0.39, 0.29) is 19.2 Å². The van der Waals surface area contributed by atoms with Crippen molar-refractivity contribution in [2.45, 2.75) is 122 Å². The van der Waals surface area contributed by atoms with Crippen molar-refractivity contribution in [3.63, 3.8) is 0 Å². The van der Waals surface area contributed by atoms with Crippen molar-refractivity contribution in [3.05, 3.63) is 48.0 Å². The highest BCUT2D eigenvalue weighted by Gasteiger charge is 2.49. The van der Waals surface area contributed by atoms with Gasteiger partial charge < -0.3 is 14.0 Å². The lowest BCUT2D eigenvalue weighted by Gasteiger charge is -2.28. The predicted octanol–water partition coefficient (Wildman–Crippen LogP) is 7.57. The van der Waals surface area contributed by atoms with Crippen LogP contribution in [0.3, 0.4) is 0 Å². The Kier molecular flexibility index (Phi) is 12.4. The number of aryl methyl sites for hydroxylation is 1. The molecule has 1 aromatic carbocycles. The number of allylic oxidation sites excluding steroid dienone is 2. The van der Waals surface area contributed by atoms with Gasteiger partial charge in [0.1, 0.15) is 0 Å². The van der Waals surface area contributed by atoms with E-state index in [9.17, 15) is 4.79 Å². The summed E-state index contributed by atoms with van der Waals surface area (Å²) in [7, 11) is -0.0137. The smallest absolute Gasteiger partial charge is 0.457 e. The summed E-state index contributed by atoms with van der Waals surface area (Å²) in [5, 5.41) is 0. The number of esters is 1. The Balaban J connectivity index is 1.45. The van der Waals surface area contributed by atoms with Crippen molar-refractivity contribution in [2.75, 3.05) is 0 Å². The monoisotopic (exact) mass is 482 g/mol. The number of hydrogen-bond acceptors (Lipinski definition) is 4. The van der Waals surface area contributed by atoms with Gasteiger partial charge in [0.25, 0.3) is 0 Å². The number of benzene rings is 1. The lowest BCUT2D eigenvalue weighted by Crippen LogP contribution is -2.37. The normalized spacial score (nSPS) is 23.9. The highest BCUT2D eigenvalue weighted by molar-refractivity contribution is 6.44. The van der Waals surface area contributed by atoms with Crippen LogP contribution < -0.4 is 0 Å². The minimum atomic E-state index is -0.0889. The van der Waals surface area contributed by atoms with E-state index in [4.69, 9.17) is 14.0 Å². The van der Waals surface area contributed by atoms with Crippen molar-refractivity contribution in [2.24, 2.45) is 11.8 Å². The summed E-state index contributed by atoms with van der Waals surface area (Å²) in [4.78, 5) is 11.7. The first-order chi connectivity index (χ1) is 17.1. The Morgan fingerprint density at radius 2 is 1.80 bits per heavy atom. The summed E-state index contributed by atoms with van der Waals surface area (Å²) in [6, 6.07) is 10.8. The minimum absolute atomic E-state index is 0.0137. The highest BCUT2D eigenvalue weighted by Crippen LogP contribution is 2.45. The standard InChI is InChI=1S/C30H47BO4/c1-4-5-22-31-34-28-23-29(35-31)27(20-14-9-12-18-25-16-10-8-11-17-25)26(28)19-13-6-7-15-21-30(32)33-24(2)3/h6,8,10-11,13,16-17,24,26-29H,4-5,7,9,12,14-15,18-23H2,1-3H3/b13-6-/t26-,27?,28?,29?/m1/s1. The molecule has 2 bridgehead atoms. The second kappa shape index (κ2) is 15.5. The molecule has 2 fully saturated rings. The fraction of sp³-hybridized carbons (Fsp3) is 0.700. The maximum atomic E-state index is 11.7. The first-order valence-electron chi connectivity index (χ1n) is 14.3. The van der Waals surface area contributed by atoms with E-state index < -0.39 is 0 Å². The third-order valence-electron chi connectivity index (χ3n) is 7.46. The van der Waals surface area contributed by atoms with Crippen LogP contribution in [0.15, 0.2) is 42.5 Å². The molecule has 1 aromatic rings. The van der Waals surface area contributed by atoms with Gasteiger partial charge in [0.05, 0.1) is 6.10 Å². The molecule has 1 aliphatic heterocycles. The van der Waals surface area contributed by atoms with Gasteiger partial charge >= 0.3 is 13.1 Å². The predicted molar refractivity (Wildman–Crippen MR) is 144 cm³/mol. The number of ether oxygens (including phenoxy) is 1. The summed E-state index contributed by atoms with van der Waals surface area (Å²) in [6.45, 7) is 6.02. The minimum Gasteiger partial charge on any atom is -0.463 e. The van der Waals surface area contributed by atoms with Crippen molar-refractivity contribution in [1.29, 1.82) is 0 Å². The Morgan fingerprint density at radius 3 is 2.54 bits per heavy atom. The summed E-state index contributed by atoms with van der Waals surface area (Å²) >= 11 is 0. The van der Waals surface area contributed by atoms with Gasteiger partial charge in [-0.2, -0.15) is 0 Å². The molecule has 194 valence electrons. The van der Waals surface area contributed by atoms with Gasteiger partial charge in [-0.05, 0) is 82.5 Å². The zero-order chi connectivity index (χ0) is 24.9. The molecule has 0 spiro atoms. The largest absolute Gasteiger partial charge is 0.463 e. The molecule has 0 amide bonds. The zero-order valence-corrected chi connectivity index (χ0v) is 22.3. The SMILES string of the molecule is CCCCB1OC2CC(O1)[C@H](C/C=C\CCCC(=O)OC(C)C)C2CCCCCc1ccccc1. The summed E-state index contributed by atoms with van der Waals surface area (Å²) in [6.07, 6.45) is 19.2. The van der Waals surface area contributed by atoms with E-state index in [1.807, 2.05) is 13.8 Å². The van der Waals surface area contributed by atoms with E-state index in [1.165, 1.54) is 44.1 Å². The fourth-order valence-corrected chi connectivity index (χ4v) is 5.69. The molecule has 5 heteroatoms. The van der Waals surface area contributed by atoms with Crippen molar-refractivity contribution < 1.29 is 18.8 Å². The summed E-state index contributed by atoms with van der Waals surface area (Å²) < 4.78 is 18.1. The summed E-state index contributed by atoms with van der Waals surface area (Å²) in [5.74, 6) is 1.05. The average Bonchev–Trinajstić information content (AvgIpc) is 3.08. The zero-order valence-electron chi connectivity index (χ0n) is 22.3. The maximum Gasteiger partial charge on any atom is 0.457 e. The van der Waals surface area contributed by atoms with Crippen LogP contribution in [0.25, 0.3) is 0 Å². The van der Waals surface area contributed by atoms with Crippen molar-refractivity contribution in [1.82, 2.24) is 0 Å². The molecular formula is C30H47BO4. The van der Waals surface area contributed by atoms with Gasteiger partial charge in [0.2, 0.25) is 0 Å². The van der Waals surface area contributed by atoms with Crippen LogP contribution in [-0.2, 0) is 25.3 Å². The number of carbonyl (C=O) groups excluding carboxylic acids is 1. The van der Waals surface area contributed by atoms with Crippen LogP contribution in [0.2, 0.25) is 6.32 Å². The molecular weight excluding hydrogens is 435 g/mol. The molecule has 1 heterocycles. The summed E-state index contributed by atoms with van der Waals surface area (Å²) in [5.41, 5.74) is 1.44. The second-order valence-electron chi connectivity index (χ2n) is 10.7. The lowest BCUT2D eigenvalue weighted by atomic mass is 9.80.